The molecule has 0 aliphatic carbocycles. The largest absolute Gasteiger partial charge is 0.334 e. The highest BCUT2D eigenvalue weighted by Crippen LogP contribution is 2.31. The van der Waals surface area contributed by atoms with Crippen molar-refractivity contribution in [1.82, 2.24) is 19.9 Å². The van der Waals surface area contributed by atoms with Crippen LogP contribution in [0.15, 0.2) is 54.6 Å². The van der Waals surface area contributed by atoms with Crippen LogP contribution >= 0.6 is 0 Å². The molecule has 4 rings (SSSR count). The van der Waals surface area contributed by atoms with Crippen molar-refractivity contribution in [1.29, 1.82) is 0 Å². The first kappa shape index (κ1) is 14.9. The molecule has 1 amide bonds. The smallest absolute Gasteiger partial charge is 0.244 e. The van der Waals surface area contributed by atoms with Gasteiger partial charge in [0.25, 0.3) is 0 Å². The van der Waals surface area contributed by atoms with Crippen LogP contribution in [0.1, 0.15) is 30.9 Å². The number of piperidine rings is 1. The minimum Gasteiger partial charge on any atom is -0.334 e. The van der Waals surface area contributed by atoms with Crippen molar-refractivity contribution in [2.45, 2.75) is 31.8 Å². The van der Waals surface area contributed by atoms with Gasteiger partial charge in [-0.2, -0.15) is 0 Å². The number of carbonyl (C=O) groups is 1. The quantitative estimate of drug-likeness (QED) is 0.745. The second-order valence-electron chi connectivity index (χ2n) is 6.25. The van der Waals surface area contributed by atoms with Gasteiger partial charge in [-0.3, -0.25) is 4.79 Å². The molecule has 1 unspecified atom stereocenters. The second kappa shape index (κ2) is 6.43. The van der Waals surface area contributed by atoms with Crippen LogP contribution in [0.5, 0.6) is 0 Å². The van der Waals surface area contributed by atoms with E-state index < -0.39 is 0 Å². The summed E-state index contributed by atoms with van der Waals surface area (Å²) < 4.78 is 1.70. The average molecular weight is 320 g/mol. The van der Waals surface area contributed by atoms with Crippen LogP contribution in [0.25, 0.3) is 11.0 Å². The number of para-hydroxylation sites is 1. The van der Waals surface area contributed by atoms with E-state index in [-0.39, 0.29) is 18.5 Å². The van der Waals surface area contributed by atoms with E-state index in [0.29, 0.717) is 0 Å². The number of hydrogen-bond acceptors (Lipinski definition) is 3. The number of likely N-dealkylation sites (tertiary alicyclic amines) is 1. The summed E-state index contributed by atoms with van der Waals surface area (Å²) in [6, 6.07) is 18.2. The molecule has 0 radical (unpaired) electrons. The van der Waals surface area contributed by atoms with Gasteiger partial charge in [0.05, 0.1) is 11.6 Å². The first-order chi connectivity index (χ1) is 11.8. The van der Waals surface area contributed by atoms with Crippen molar-refractivity contribution < 1.29 is 4.79 Å². The van der Waals surface area contributed by atoms with Crippen LogP contribution in [0, 0.1) is 0 Å². The number of rotatable bonds is 3. The third-order valence-electron chi connectivity index (χ3n) is 4.71. The number of nitrogens with zero attached hydrogens (tertiary/aromatic N) is 4. The molecule has 2 heterocycles. The number of fused-ring (bicyclic) bond motifs is 1. The fourth-order valence-electron chi connectivity index (χ4n) is 3.50. The number of amides is 1. The summed E-state index contributed by atoms with van der Waals surface area (Å²) in [5.41, 5.74) is 2.94. The standard InChI is InChI=1S/C19H20N4O/c24-19(14-23-18-12-5-4-10-16(18)20-21-23)22-13-7-6-11-17(22)15-8-2-1-3-9-15/h1-5,8-10,12,17H,6-7,11,13-14H2. The lowest BCUT2D eigenvalue weighted by Gasteiger charge is -2.36. The third-order valence-corrected chi connectivity index (χ3v) is 4.71. The van der Waals surface area contributed by atoms with Crippen molar-refractivity contribution in [3.05, 3.63) is 60.2 Å². The van der Waals surface area contributed by atoms with Crippen molar-refractivity contribution in [3.8, 4) is 0 Å². The molecule has 1 aromatic heterocycles. The highest BCUT2D eigenvalue weighted by atomic mass is 16.2. The van der Waals surface area contributed by atoms with Gasteiger partial charge < -0.3 is 4.90 Å². The van der Waals surface area contributed by atoms with E-state index in [1.54, 1.807) is 4.68 Å². The first-order valence-electron chi connectivity index (χ1n) is 8.45. The molecular formula is C19H20N4O. The molecule has 5 heteroatoms. The second-order valence-corrected chi connectivity index (χ2v) is 6.25. The van der Waals surface area contributed by atoms with E-state index in [2.05, 4.69) is 22.4 Å². The molecule has 0 spiro atoms. The van der Waals surface area contributed by atoms with Crippen LogP contribution in [0.4, 0.5) is 0 Å². The normalized spacial score (nSPS) is 18.0. The van der Waals surface area contributed by atoms with E-state index >= 15 is 0 Å². The summed E-state index contributed by atoms with van der Waals surface area (Å²) >= 11 is 0. The zero-order valence-electron chi connectivity index (χ0n) is 13.5. The van der Waals surface area contributed by atoms with Gasteiger partial charge >= 0.3 is 0 Å². The summed E-state index contributed by atoms with van der Waals surface area (Å²) in [7, 11) is 0. The zero-order valence-corrected chi connectivity index (χ0v) is 13.5. The van der Waals surface area contributed by atoms with Gasteiger partial charge in [-0.1, -0.05) is 47.7 Å². The number of aromatic nitrogens is 3. The summed E-state index contributed by atoms with van der Waals surface area (Å²) in [4.78, 5) is 14.9. The van der Waals surface area contributed by atoms with Gasteiger partial charge in [0, 0.05) is 6.54 Å². The predicted octanol–water partition coefficient (Wildman–Crippen LogP) is 3.19. The highest BCUT2D eigenvalue weighted by molar-refractivity contribution is 5.80. The Morgan fingerprint density at radius 1 is 1.04 bits per heavy atom. The van der Waals surface area contributed by atoms with Crippen LogP contribution in [0.2, 0.25) is 0 Å². The summed E-state index contributed by atoms with van der Waals surface area (Å²) in [6.45, 7) is 1.05. The molecule has 1 atom stereocenters. The minimum absolute atomic E-state index is 0.110. The molecular weight excluding hydrogens is 300 g/mol. The Balaban J connectivity index is 1.58. The molecule has 5 nitrogen and oxygen atoms in total. The summed E-state index contributed by atoms with van der Waals surface area (Å²) in [5.74, 6) is 0.110. The van der Waals surface area contributed by atoms with Gasteiger partial charge in [0.1, 0.15) is 12.1 Å². The molecule has 0 N–H and O–H groups in total. The van der Waals surface area contributed by atoms with Crippen LogP contribution in [-0.4, -0.2) is 32.3 Å². The van der Waals surface area contributed by atoms with E-state index in [9.17, 15) is 4.79 Å². The zero-order chi connectivity index (χ0) is 16.4. The van der Waals surface area contributed by atoms with Gasteiger partial charge in [-0.15, -0.1) is 5.10 Å². The Morgan fingerprint density at radius 2 is 1.83 bits per heavy atom. The van der Waals surface area contributed by atoms with Gasteiger partial charge in [0.15, 0.2) is 0 Å². The molecule has 0 bridgehead atoms. The summed E-state index contributed by atoms with van der Waals surface area (Å²) in [6.07, 6.45) is 3.25. The van der Waals surface area contributed by atoms with E-state index in [1.807, 2.05) is 47.4 Å². The fraction of sp³-hybridized carbons (Fsp3) is 0.316. The molecule has 0 saturated carbocycles. The van der Waals surface area contributed by atoms with Crippen molar-refractivity contribution in [2.24, 2.45) is 0 Å². The molecule has 24 heavy (non-hydrogen) atoms. The fourth-order valence-corrected chi connectivity index (χ4v) is 3.50. The Hall–Kier alpha value is -2.69. The topological polar surface area (TPSA) is 51.0 Å². The van der Waals surface area contributed by atoms with Crippen LogP contribution in [0.3, 0.4) is 0 Å². The lowest BCUT2D eigenvalue weighted by atomic mass is 9.95. The van der Waals surface area contributed by atoms with Gasteiger partial charge in [0.2, 0.25) is 5.91 Å². The van der Waals surface area contributed by atoms with E-state index in [4.69, 9.17) is 0 Å². The van der Waals surface area contributed by atoms with Crippen molar-refractivity contribution in [2.75, 3.05) is 6.54 Å². The molecule has 3 aromatic rings. The maximum Gasteiger partial charge on any atom is 0.244 e. The molecule has 122 valence electrons. The first-order valence-corrected chi connectivity index (χ1v) is 8.45. The molecule has 1 aliphatic heterocycles. The lowest BCUT2D eigenvalue weighted by molar-refractivity contribution is -0.135. The van der Waals surface area contributed by atoms with Crippen molar-refractivity contribution >= 4 is 16.9 Å². The van der Waals surface area contributed by atoms with E-state index in [1.165, 1.54) is 5.56 Å². The lowest BCUT2D eigenvalue weighted by Crippen LogP contribution is -2.40. The Labute approximate surface area is 140 Å². The molecule has 1 fully saturated rings. The summed E-state index contributed by atoms with van der Waals surface area (Å²) in [5, 5.41) is 8.28. The Bertz CT molecular complexity index is 843. The van der Waals surface area contributed by atoms with Crippen LogP contribution < -0.4 is 0 Å². The molecule has 2 aromatic carbocycles. The average Bonchev–Trinajstić information content (AvgIpc) is 3.05. The monoisotopic (exact) mass is 320 g/mol. The predicted molar refractivity (Wildman–Crippen MR) is 92.3 cm³/mol. The van der Waals surface area contributed by atoms with Gasteiger partial charge in [-0.25, -0.2) is 4.68 Å². The molecule has 1 aliphatic rings. The maximum absolute atomic E-state index is 12.9. The van der Waals surface area contributed by atoms with E-state index in [0.717, 1.165) is 36.8 Å². The Morgan fingerprint density at radius 3 is 2.71 bits per heavy atom. The number of carbonyl (C=O) groups excluding carboxylic acids is 1. The highest BCUT2D eigenvalue weighted by Gasteiger charge is 2.28. The minimum atomic E-state index is 0.110. The maximum atomic E-state index is 12.9. The molecule has 1 saturated heterocycles. The van der Waals surface area contributed by atoms with Crippen molar-refractivity contribution in [3.63, 3.8) is 0 Å². The third kappa shape index (κ3) is 2.77. The van der Waals surface area contributed by atoms with Crippen LogP contribution in [-0.2, 0) is 11.3 Å². The SMILES string of the molecule is O=C(Cn1nnc2ccccc21)N1CCCCC1c1ccccc1. The Kier molecular flexibility index (Phi) is 3.99. The number of benzene rings is 2. The number of hydrogen-bond donors (Lipinski definition) is 0. The van der Waals surface area contributed by atoms with Gasteiger partial charge in [-0.05, 0) is 37.0 Å².